The molecular weight excluding hydrogens is 542 g/mol. The largest absolute Gasteiger partial charge is 0.301 e. The number of hydrogen-bond acceptors (Lipinski definition) is 4. The van der Waals surface area contributed by atoms with Crippen molar-refractivity contribution in [2.24, 2.45) is 5.41 Å². The number of piperidine rings is 2. The summed E-state index contributed by atoms with van der Waals surface area (Å²) in [7, 11) is 2.01. The fourth-order valence-electron chi connectivity index (χ4n) is 9.18. The SMILES string of the molecule is CN1C/C(=C\c2ccc(F)cc2)C(=O)C2(C1)[C@@H](c1ccc(F)cc1)[C@@H]1CCCCN1[C@@]21C(=O)c2cccc3cccc1c23. The maximum absolute atomic E-state index is 15.5. The van der Waals surface area contributed by atoms with Gasteiger partial charge in [-0.1, -0.05) is 67.1 Å². The van der Waals surface area contributed by atoms with Crippen molar-refractivity contribution in [1.82, 2.24) is 9.80 Å². The quantitative estimate of drug-likeness (QED) is 0.249. The lowest BCUT2D eigenvalue weighted by Crippen LogP contribution is -2.65. The molecule has 0 N–H and O–H groups in total. The Morgan fingerprint density at radius 1 is 0.837 bits per heavy atom. The third kappa shape index (κ3) is 3.48. The number of hydrogen-bond donors (Lipinski definition) is 0. The second-order valence-electron chi connectivity index (χ2n) is 12.7. The van der Waals surface area contributed by atoms with Gasteiger partial charge in [0.05, 0.1) is 5.41 Å². The number of rotatable bonds is 2. The summed E-state index contributed by atoms with van der Waals surface area (Å²) < 4.78 is 28.1. The van der Waals surface area contributed by atoms with Crippen LogP contribution >= 0.6 is 0 Å². The molecule has 1 aliphatic carbocycles. The van der Waals surface area contributed by atoms with E-state index in [1.807, 2.05) is 55.6 Å². The van der Waals surface area contributed by atoms with Gasteiger partial charge in [0, 0.05) is 36.2 Å². The molecule has 3 saturated heterocycles. The zero-order chi connectivity index (χ0) is 29.5. The first-order chi connectivity index (χ1) is 20.9. The summed E-state index contributed by atoms with van der Waals surface area (Å²) in [4.78, 5) is 35.3. The molecule has 3 heterocycles. The molecule has 4 atom stereocenters. The summed E-state index contributed by atoms with van der Waals surface area (Å²) in [6.45, 7) is 1.51. The Labute approximate surface area is 249 Å². The van der Waals surface area contributed by atoms with Crippen LogP contribution in [0.3, 0.4) is 0 Å². The Kier molecular flexibility index (Phi) is 5.88. The predicted octanol–water partition coefficient (Wildman–Crippen LogP) is 6.75. The van der Waals surface area contributed by atoms with Crippen LogP contribution in [0.15, 0.2) is 90.5 Å². The molecule has 6 heteroatoms. The minimum Gasteiger partial charge on any atom is -0.301 e. The minimum absolute atomic E-state index is 0.0133. The van der Waals surface area contributed by atoms with Crippen molar-refractivity contribution < 1.29 is 18.4 Å². The molecule has 3 aliphatic heterocycles. The fraction of sp³-hybridized carbons (Fsp3) is 0.297. The van der Waals surface area contributed by atoms with Crippen molar-refractivity contribution in [2.45, 2.75) is 36.8 Å². The molecule has 4 aliphatic rings. The van der Waals surface area contributed by atoms with E-state index in [2.05, 4.69) is 15.9 Å². The Balaban J connectivity index is 1.46. The van der Waals surface area contributed by atoms with Gasteiger partial charge < -0.3 is 4.90 Å². The van der Waals surface area contributed by atoms with E-state index in [1.165, 1.54) is 24.3 Å². The van der Waals surface area contributed by atoms with Gasteiger partial charge in [-0.05, 0) is 84.2 Å². The van der Waals surface area contributed by atoms with Gasteiger partial charge in [-0.25, -0.2) is 8.78 Å². The Bertz CT molecular complexity index is 1830. The zero-order valence-electron chi connectivity index (χ0n) is 24.0. The molecule has 0 aromatic heterocycles. The van der Waals surface area contributed by atoms with Crippen LogP contribution in [0.25, 0.3) is 16.8 Å². The van der Waals surface area contributed by atoms with E-state index in [-0.39, 0.29) is 35.2 Å². The van der Waals surface area contributed by atoms with Gasteiger partial charge in [-0.3, -0.25) is 14.5 Å². The summed E-state index contributed by atoms with van der Waals surface area (Å²) in [6.07, 6.45) is 4.64. The molecule has 0 radical (unpaired) electrons. The summed E-state index contributed by atoms with van der Waals surface area (Å²) in [6, 6.07) is 24.6. The number of nitrogens with zero attached hydrogens (tertiary/aromatic N) is 2. The average molecular weight is 575 g/mol. The van der Waals surface area contributed by atoms with E-state index >= 15 is 9.59 Å². The van der Waals surface area contributed by atoms with Crippen molar-refractivity contribution in [1.29, 1.82) is 0 Å². The highest BCUT2D eigenvalue weighted by molar-refractivity contribution is 6.24. The number of fused-ring (bicyclic) bond motifs is 4. The number of halogens is 2. The molecular formula is C37H32F2N2O2. The smallest absolute Gasteiger partial charge is 0.189 e. The monoisotopic (exact) mass is 574 g/mol. The number of benzene rings is 4. The second kappa shape index (κ2) is 9.50. The van der Waals surface area contributed by atoms with Gasteiger partial charge >= 0.3 is 0 Å². The Hall–Kier alpha value is -4.00. The summed E-state index contributed by atoms with van der Waals surface area (Å²) >= 11 is 0. The fourth-order valence-corrected chi connectivity index (χ4v) is 9.18. The summed E-state index contributed by atoms with van der Waals surface area (Å²) in [5.41, 5.74) is 1.41. The average Bonchev–Trinajstić information content (AvgIpc) is 3.42. The van der Waals surface area contributed by atoms with Crippen LogP contribution in [-0.4, -0.2) is 54.1 Å². The normalized spacial score (nSPS) is 29.8. The number of carbonyl (C=O) groups is 2. The molecule has 0 saturated carbocycles. The van der Waals surface area contributed by atoms with Crippen LogP contribution in [0.5, 0.6) is 0 Å². The molecule has 3 fully saturated rings. The highest BCUT2D eigenvalue weighted by atomic mass is 19.1. The Morgan fingerprint density at radius 3 is 2.28 bits per heavy atom. The number of ketones is 2. The first kappa shape index (κ1) is 26.6. The van der Waals surface area contributed by atoms with Crippen molar-refractivity contribution in [3.05, 3.63) is 124 Å². The lowest BCUT2D eigenvalue weighted by atomic mass is 9.54. The lowest BCUT2D eigenvalue weighted by Gasteiger charge is -2.52. The van der Waals surface area contributed by atoms with E-state index in [0.29, 0.717) is 30.8 Å². The molecule has 4 aromatic carbocycles. The summed E-state index contributed by atoms with van der Waals surface area (Å²) in [5, 5.41) is 1.93. The van der Waals surface area contributed by atoms with E-state index in [4.69, 9.17) is 0 Å². The van der Waals surface area contributed by atoms with Crippen molar-refractivity contribution >= 4 is 28.4 Å². The van der Waals surface area contributed by atoms with Crippen LogP contribution in [-0.2, 0) is 10.3 Å². The van der Waals surface area contributed by atoms with Crippen molar-refractivity contribution in [3.8, 4) is 0 Å². The van der Waals surface area contributed by atoms with E-state index < -0.39 is 11.0 Å². The minimum atomic E-state index is -1.21. The second-order valence-corrected chi connectivity index (χ2v) is 12.7. The predicted molar refractivity (Wildman–Crippen MR) is 163 cm³/mol. The molecule has 43 heavy (non-hydrogen) atoms. The maximum Gasteiger partial charge on any atom is 0.189 e. The Morgan fingerprint density at radius 2 is 1.53 bits per heavy atom. The van der Waals surface area contributed by atoms with E-state index in [1.54, 1.807) is 12.1 Å². The van der Waals surface area contributed by atoms with Crippen LogP contribution < -0.4 is 0 Å². The number of likely N-dealkylation sites (tertiary alicyclic amines) is 1. The lowest BCUT2D eigenvalue weighted by molar-refractivity contribution is -0.134. The van der Waals surface area contributed by atoms with Gasteiger partial charge in [0.15, 0.2) is 11.6 Å². The number of likely N-dealkylation sites (N-methyl/N-ethyl adjacent to an activating group) is 1. The van der Waals surface area contributed by atoms with Gasteiger partial charge in [0.25, 0.3) is 0 Å². The van der Waals surface area contributed by atoms with E-state index in [9.17, 15) is 8.78 Å². The van der Waals surface area contributed by atoms with Crippen LogP contribution in [0, 0.1) is 17.0 Å². The highest BCUT2D eigenvalue weighted by Gasteiger charge is 2.77. The van der Waals surface area contributed by atoms with Crippen LogP contribution in [0.2, 0.25) is 0 Å². The van der Waals surface area contributed by atoms with Crippen molar-refractivity contribution in [2.75, 3.05) is 26.7 Å². The highest BCUT2D eigenvalue weighted by Crippen LogP contribution is 2.69. The molecule has 0 bridgehead atoms. The first-order valence-electron chi connectivity index (χ1n) is 15.1. The molecule has 4 nitrogen and oxygen atoms in total. The first-order valence-corrected chi connectivity index (χ1v) is 15.1. The number of Topliss-reactive ketones (excluding diaryl/α,β-unsaturated/α-hetero) is 2. The van der Waals surface area contributed by atoms with Gasteiger partial charge in [0.2, 0.25) is 0 Å². The summed E-state index contributed by atoms with van der Waals surface area (Å²) in [5.74, 6) is -1.06. The molecule has 4 aromatic rings. The molecule has 216 valence electrons. The maximum atomic E-state index is 15.5. The standard InChI is InChI=1S/C37H32F2N2O2/c1-40-21-26(20-23-11-15-27(38)16-12-23)34(42)36(22-40)33(25-13-17-28(39)18-14-25)31-10-2-3-19-41(31)37(36)30-9-5-7-24-6-4-8-29(32(24)30)35(37)43/h4-9,11-18,20,31,33H,2-3,10,19,21-22H2,1H3/b26-20+/t31-,33-,36?,37-/m0/s1. The molecule has 2 spiro atoms. The van der Waals surface area contributed by atoms with Gasteiger partial charge in [-0.2, -0.15) is 0 Å². The molecule has 0 amide bonds. The molecule has 8 rings (SSSR count). The molecule has 1 unspecified atom stereocenters. The van der Waals surface area contributed by atoms with Crippen molar-refractivity contribution in [3.63, 3.8) is 0 Å². The van der Waals surface area contributed by atoms with Crippen LogP contribution in [0.4, 0.5) is 8.78 Å². The van der Waals surface area contributed by atoms with Crippen LogP contribution in [0.1, 0.15) is 52.2 Å². The third-order valence-electron chi connectivity index (χ3n) is 10.5. The third-order valence-corrected chi connectivity index (χ3v) is 10.5. The van der Waals surface area contributed by atoms with Gasteiger partial charge in [0.1, 0.15) is 17.2 Å². The zero-order valence-corrected chi connectivity index (χ0v) is 24.0. The topological polar surface area (TPSA) is 40.6 Å². The number of carbonyl (C=O) groups excluding carboxylic acids is 2. The van der Waals surface area contributed by atoms with Gasteiger partial charge in [-0.15, -0.1) is 0 Å². The van der Waals surface area contributed by atoms with E-state index in [0.717, 1.165) is 46.7 Å².